The molecule has 0 aliphatic rings. The van der Waals surface area contributed by atoms with Crippen molar-refractivity contribution in [3.05, 3.63) is 82.3 Å². The number of hydrogen-bond acceptors (Lipinski definition) is 4. The molecule has 1 amide bonds. The highest BCUT2D eigenvalue weighted by Crippen LogP contribution is 2.26. The summed E-state index contributed by atoms with van der Waals surface area (Å²) in [6.45, 7) is 0. The van der Waals surface area contributed by atoms with Crippen molar-refractivity contribution in [2.75, 3.05) is 7.05 Å². The van der Waals surface area contributed by atoms with Crippen LogP contribution in [-0.4, -0.2) is 27.5 Å². The van der Waals surface area contributed by atoms with Crippen LogP contribution in [-0.2, 0) is 13.5 Å². The second-order valence-electron chi connectivity index (χ2n) is 6.60. The Bertz CT molecular complexity index is 1190. The average molecular weight is 451 g/mol. The van der Waals surface area contributed by atoms with Gasteiger partial charge in [0.25, 0.3) is 5.91 Å². The fraction of sp³-hybridized carbons (Fsp3) is 0.136. The standard InChI is InChI=1S/C22H19BrN4O2/c1-24-22(28)19-13-17(9-10-25-19)29-16-7-8-20-18(12-16)26-21(27(20)2)11-14-3-5-15(23)6-4-14/h3-10,12-13H,11H2,1-2H3,(H,24,28). The summed E-state index contributed by atoms with van der Waals surface area (Å²) in [5.41, 5.74) is 3.39. The predicted molar refractivity (Wildman–Crippen MR) is 115 cm³/mol. The van der Waals surface area contributed by atoms with E-state index >= 15 is 0 Å². The molecule has 4 rings (SSSR count). The van der Waals surface area contributed by atoms with Crippen LogP contribution >= 0.6 is 15.9 Å². The minimum atomic E-state index is -0.256. The van der Waals surface area contributed by atoms with Crippen LogP contribution in [0.15, 0.2) is 65.3 Å². The molecule has 0 unspecified atom stereocenters. The number of nitrogens with one attached hydrogen (secondary N) is 1. The maximum atomic E-state index is 11.8. The predicted octanol–water partition coefficient (Wildman–Crippen LogP) is 4.47. The van der Waals surface area contributed by atoms with Crippen LogP contribution in [0, 0.1) is 0 Å². The highest BCUT2D eigenvalue weighted by molar-refractivity contribution is 9.10. The minimum absolute atomic E-state index is 0.256. The van der Waals surface area contributed by atoms with Crippen LogP contribution in [0.25, 0.3) is 11.0 Å². The van der Waals surface area contributed by atoms with Crippen LogP contribution in [0.5, 0.6) is 11.5 Å². The molecule has 6 nitrogen and oxygen atoms in total. The Morgan fingerprint density at radius 1 is 1.10 bits per heavy atom. The van der Waals surface area contributed by atoms with E-state index in [1.54, 1.807) is 25.4 Å². The smallest absolute Gasteiger partial charge is 0.269 e. The molecule has 0 atom stereocenters. The summed E-state index contributed by atoms with van der Waals surface area (Å²) >= 11 is 3.46. The molecule has 2 aromatic carbocycles. The van der Waals surface area contributed by atoms with Crippen LogP contribution < -0.4 is 10.1 Å². The van der Waals surface area contributed by atoms with Gasteiger partial charge < -0.3 is 14.6 Å². The molecule has 4 aromatic rings. The molecule has 0 spiro atoms. The number of ether oxygens (including phenoxy) is 1. The van der Waals surface area contributed by atoms with Crippen molar-refractivity contribution in [1.82, 2.24) is 19.9 Å². The fourth-order valence-electron chi connectivity index (χ4n) is 3.10. The van der Waals surface area contributed by atoms with Gasteiger partial charge in [-0.1, -0.05) is 28.1 Å². The van der Waals surface area contributed by atoms with Gasteiger partial charge >= 0.3 is 0 Å². The zero-order valence-electron chi connectivity index (χ0n) is 16.0. The summed E-state index contributed by atoms with van der Waals surface area (Å²) in [5.74, 6) is 1.92. The Morgan fingerprint density at radius 2 is 1.86 bits per heavy atom. The molecule has 2 heterocycles. The zero-order chi connectivity index (χ0) is 20.4. The van der Waals surface area contributed by atoms with E-state index in [4.69, 9.17) is 9.72 Å². The summed E-state index contributed by atoms with van der Waals surface area (Å²) in [7, 11) is 3.58. The second-order valence-corrected chi connectivity index (χ2v) is 7.51. The van der Waals surface area contributed by atoms with Gasteiger partial charge in [-0.2, -0.15) is 0 Å². The number of fused-ring (bicyclic) bond motifs is 1. The molecule has 0 fully saturated rings. The minimum Gasteiger partial charge on any atom is -0.457 e. The number of aromatic nitrogens is 3. The highest BCUT2D eigenvalue weighted by atomic mass is 79.9. The molecule has 7 heteroatoms. The van der Waals surface area contributed by atoms with E-state index in [9.17, 15) is 4.79 Å². The molecule has 1 N–H and O–H groups in total. The molecule has 0 radical (unpaired) electrons. The van der Waals surface area contributed by atoms with Crippen molar-refractivity contribution in [2.24, 2.45) is 7.05 Å². The van der Waals surface area contributed by atoms with Crippen LogP contribution in [0.1, 0.15) is 21.9 Å². The van der Waals surface area contributed by atoms with Gasteiger partial charge in [-0.25, -0.2) is 4.98 Å². The number of rotatable bonds is 5. The van der Waals surface area contributed by atoms with Crippen molar-refractivity contribution < 1.29 is 9.53 Å². The Labute approximate surface area is 176 Å². The van der Waals surface area contributed by atoms with Gasteiger partial charge in [0.2, 0.25) is 0 Å². The van der Waals surface area contributed by atoms with E-state index in [1.165, 1.54) is 5.56 Å². The Balaban J connectivity index is 1.59. The largest absolute Gasteiger partial charge is 0.457 e. The van der Waals surface area contributed by atoms with Gasteiger partial charge in [-0.15, -0.1) is 0 Å². The molecule has 146 valence electrons. The van der Waals surface area contributed by atoms with Crippen molar-refractivity contribution >= 4 is 32.9 Å². The molecule has 0 aliphatic carbocycles. The van der Waals surface area contributed by atoms with E-state index in [0.717, 1.165) is 27.8 Å². The average Bonchev–Trinajstić information content (AvgIpc) is 3.04. The Hall–Kier alpha value is -3.19. The Kier molecular flexibility index (Phi) is 5.31. The number of carbonyl (C=O) groups is 1. The number of nitrogens with zero attached hydrogens (tertiary/aromatic N) is 3. The molecular formula is C22H19BrN4O2. The molecule has 0 saturated carbocycles. The topological polar surface area (TPSA) is 69.0 Å². The van der Waals surface area contributed by atoms with Crippen molar-refractivity contribution in [2.45, 2.75) is 6.42 Å². The first-order chi connectivity index (χ1) is 14.0. The molecule has 0 aliphatic heterocycles. The zero-order valence-corrected chi connectivity index (χ0v) is 17.6. The van der Waals surface area contributed by atoms with E-state index in [-0.39, 0.29) is 5.91 Å². The number of aryl methyl sites for hydroxylation is 1. The number of pyridine rings is 1. The Morgan fingerprint density at radius 3 is 2.62 bits per heavy atom. The summed E-state index contributed by atoms with van der Waals surface area (Å²) in [4.78, 5) is 20.6. The monoisotopic (exact) mass is 450 g/mol. The lowest BCUT2D eigenvalue weighted by atomic mass is 10.1. The maximum absolute atomic E-state index is 11.8. The van der Waals surface area contributed by atoms with Gasteiger partial charge in [0, 0.05) is 43.3 Å². The van der Waals surface area contributed by atoms with Crippen LogP contribution in [0.3, 0.4) is 0 Å². The first-order valence-corrected chi connectivity index (χ1v) is 9.88. The third-order valence-corrected chi connectivity index (χ3v) is 5.18. The molecule has 0 bridgehead atoms. The van der Waals surface area contributed by atoms with E-state index < -0.39 is 0 Å². The SMILES string of the molecule is CNC(=O)c1cc(Oc2ccc3c(c2)nc(Cc2ccc(Br)cc2)n3C)ccn1. The summed E-state index contributed by atoms with van der Waals surface area (Å²) in [6.07, 6.45) is 2.30. The fourth-order valence-corrected chi connectivity index (χ4v) is 3.36. The maximum Gasteiger partial charge on any atom is 0.269 e. The summed E-state index contributed by atoms with van der Waals surface area (Å²) in [5, 5.41) is 2.56. The van der Waals surface area contributed by atoms with Crippen molar-refractivity contribution in [1.29, 1.82) is 0 Å². The third kappa shape index (κ3) is 4.14. The lowest BCUT2D eigenvalue weighted by Crippen LogP contribution is -2.18. The second kappa shape index (κ2) is 8.05. The number of imidazole rings is 1. The number of hydrogen-bond donors (Lipinski definition) is 1. The van der Waals surface area contributed by atoms with Gasteiger partial charge in [0.05, 0.1) is 11.0 Å². The van der Waals surface area contributed by atoms with Crippen molar-refractivity contribution in [3.63, 3.8) is 0 Å². The lowest BCUT2D eigenvalue weighted by molar-refractivity contribution is 0.0958. The molecule has 29 heavy (non-hydrogen) atoms. The quantitative estimate of drug-likeness (QED) is 0.486. The number of amides is 1. The highest BCUT2D eigenvalue weighted by Gasteiger charge is 2.11. The summed E-state index contributed by atoms with van der Waals surface area (Å²) < 4.78 is 9.08. The molecule has 0 saturated heterocycles. The first kappa shape index (κ1) is 19.1. The molecular weight excluding hydrogens is 432 g/mol. The summed E-state index contributed by atoms with van der Waals surface area (Å²) in [6, 6.07) is 17.4. The number of benzene rings is 2. The van der Waals surface area contributed by atoms with Gasteiger partial charge in [0.15, 0.2) is 0 Å². The number of halogens is 1. The van der Waals surface area contributed by atoms with Gasteiger partial charge in [0.1, 0.15) is 23.0 Å². The molecule has 2 aromatic heterocycles. The normalized spacial score (nSPS) is 10.9. The van der Waals surface area contributed by atoms with Gasteiger partial charge in [-0.05, 0) is 35.9 Å². The van der Waals surface area contributed by atoms with Crippen LogP contribution in [0.2, 0.25) is 0 Å². The number of carbonyl (C=O) groups excluding carboxylic acids is 1. The lowest BCUT2D eigenvalue weighted by Gasteiger charge is -2.07. The van der Waals surface area contributed by atoms with Gasteiger partial charge in [-0.3, -0.25) is 9.78 Å². The van der Waals surface area contributed by atoms with Crippen molar-refractivity contribution in [3.8, 4) is 11.5 Å². The first-order valence-electron chi connectivity index (χ1n) is 9.09. The van der Waals surface area contributed by atoms with E-state index in [2.05, 4.69) is 42.9 Å². The van der Waals surface area contributed by atoms with Crippen LogP contribution in [0.4, 0.5) is 0 Å². The third-order valence-electron chi connectivity index (χ3n) is 4.65. The van der Waals surface area contributed by atoms with E-state index in [0.29, 0.717) is 17.2 Å². The van der Waals surface area contributed by atoms with E-state index in [1.807, 2.05) is 37.4 Å².